The van der Waals surface area contributed by atoms with Crippen LogP contribution < -0.4 is 11.2 Å². The van der Waals surface area contributed by atoms with Crippen molar-refractivity contribution in [1.82, 2.24) is 4.98 Å². The summed E-state index contributed by atoms with van der Waals surface area (Å²) in [5.41, 5.74) is 8.14. The minimum atomic E-state index is -0.550. The Morgan fingerprint density at radius 3 is 3.00 bits per heavy atom. The molecule has 0 radical (unpaired) electrons. The van der Waals surface area contributed by atoms with Crippen LogP contribution in [0.2, 0.25) is 0 Å². The number of nitrogens with one attached hydrogen (secondary N) is 1. The number of non-ortho nitro benzene ring substituents is 1. The molecule has 4 N–H and O–H groups in total. The van der Waals surface area contributed by atoms with Crippen molar-refractivity contribution in [2.75, 3.05) is 11.2 Å². The summed E-state index contributed by atoms with van der Waals surface area (Å²) in [7, 11) is 0. The van der Waals surface area contributed by atoms with E-state index in [1.807, 2.05) is 0 Å². The molecule has 8 nitrogen and oxygen atoms in total. The molecule has 0 bridgehead atoms. The maximum atomic E-state index is 10.6. The molecular weight excluding hydrogens is 270 g/mol. The van der Waals surface area contributed by atoms with E-state index in [1.165, 1.54) is 35.8 Å². The van der Waals surface area contributed by atoms with Gasteiger partial charge in [0.05, 0.1) is 11.1 Å². The predicted molar refractivity (Wildman–Crippen MR) is 72.5 cm³/mol. The number of nitrogens with zero attached hydrogens (tertiary/aromatic N) is 3. The number of nitrogen functional groups attached to an aromatic ring is 1. The molecule has 1 aromatic carbocycles. The number of hydrazone groups is 1. The van der Waals surface area contributed by atoms with E-state index in [1.54, 1.807) is 5.38 Å². The maximum absolute atomic E-state index is 10.6. The fourth-order valence-electron chi connectivity index (χ4n) is 1.25. The highest BCUT2D eigenvalue weighted by Crippen LogP contribution is 2.21. The van der Waals surface area contributed by atoms with Crippen LogP contribution >= 0.6 is 11.3 Å². The first kappa shape index (κ1) is 12.8. The zero-order valence-corrected chi connectivity index (χ0v) is 10.3. The molecule has 9 heteroatoms. The molecule has 0 spiro atoms. The molecule has 0 aliphatic heterocycles. The quantitative estimate of drug-likeness (QED) is 0.445. The Bertz CT molecular complexity index is 640. The van der Waals surface area contributed by atoms with Crippen molar-refractivity contribution in [2.45, 2.75) is 0 Å². The number of nitro benzene ring substituents is 1. The van der Waals surface area contributed by atoms with Crippen LogP contribution in [0.1, 0.15) is 5.56 Å². The van der Waals surface area contributed by atoms with Crippen LogP contribution in [-0.4, -0.2) is 21.2 Å². The van der Waals surface area contributed by atoms with Gasteiger partial charge in [0.25, 0.3) is 5.69 Å². The number of benzene rings is 1. The van der Waals surface area contributed by atoms with E-state index < -0.39 is 4.92 Å². The van der Waals surface area contributed by atoms with Gasteiger partial charge in [-0.25, -0.2) is 4.98 Å². The predicted octanol–water partition coefficient (Wildman–Crippen LogP) is 1.79. The summed E-state index contributed by atoms with van der Waals surface area (Å²) in [6.45, 7) is 0. The first-order chi connectivity index (χ1) is 9.06. The number of nitrogens with two attached hydrogens (primary N) is 1. The largest absolute Gasteiger partial charge is 0.507 e. The van der Waals surface area contributed by atoms with Gasteiger partial charge in [0.2, 0.25) is 5.13 Å². The van der Waals surface area contributed by atoms with E-state index in [0.717, 1.165) is 0 Å². The highest BCUT2D eigenvalue weighted by atomic mass is 32.1. The van der Waals surface area contributed by atoms with Gasteiger partial charge in [-0.05, 0) is 6.07 Å². The number of rotatable bonds is 4. The number of aromatic nitrogens is 1. The van der Waals surface area contributed by atoms with Crippen LogP contribution in [0.4, 0.5) is 16.6 Å². The second-order valence-electron chi connectivity index (χ2n) is 3.45. The molecule has 2 rings (SSSR count). The molecule has 0 amide bonds. The summed E-state index contributed by atoms with van der Waals surface area (Å²) in [6, 6.07) is 3.67. The Labute approximate surface area is 111 Å². The van der Waals surface area contributed by atoms with Crippen molar-refractivity contribution in [3.05, 3.63) is 39.3 Å². The summed E-state index contributed by atoms with van der Waals surface area (Å²) in [5, 5.41) is 26.1. The highest BCUT2D eigenvalue weighted by Gasteiger charge is 2.08. The maximum Gasteiger partial charge on any atom is 0.270 e. The minimum absolute atomic E-state index is 0.102. The first-order valence-electron chi connectivity index (χ1n) is 5.04. The van der Waals surface area contributed by atoms with E-state index in [-0.39, 0.29) is 17.0 Å². The molecule has 0 aliphatic carbocycles. The molecule has 0 saturated carbocycles. The summed E-state index contributed by atoms with van der Waals surface area (Å²) in [6.07, 6.45) is 1.26. The van der Waals surface area contributed by atoms with Gasteiger partial charge in [0, 0.05) is 23.1 Å². The molecule has 0 saturated heterocycles. The van der Waals surface area contributed by atoms with Gasteiger partial charge in [-0.3, -0.25) is 15.5 Å². The van der Waals surface area contributed by atoms with E-state index >= 15 is 0 Å². The number of nitro groups is 1. The summed E-state index contributed by atoms with van der Waals surface area (Å²) in [5.74, 6) is 0.274. The topological polar surface area (TPSA) is 127 Å². The molecule has 0 aliphatic rings. The van der Waals surface area contributed by atoms with E-state index in [2.05, 4.69) is 15.5 Å². The Morgan fingerprint density at radius 1 is 1.58 bits per heavy atom. The van der Waals surface area contributed by atoms with Gasteiger partial charge in [0.15, 0.2) is 0 Å². The third-order valence-electron chi connectivity index (χ3n) is 2.11. The molecule has 1 aromatic heterocycles. The molecule has 0 fully saturated rings. The fraction of sp³-hybridized carbons (Fsp3) is 0. The van der Waals surface area contributed by atoms with Crippen molar-refractivity contribution in [2.24, 2.45) is 5.10 Å². The number of anilines is 2. The fourth-order valence-corrected chi connectivity index (χ4v) is 1.80. The van der Waals surface area contributed by atoms with Gasteiger partial charge in [-0.1, -0.05) is 0 Å². The van der Waals surface area contributed by atoms with Crippen molar-refractivity contribution in [3.63, 3.8) is 0 Å². The second kappa shape index (κ2) is 5.31. The zero-order chi connectivity index (χ0) is 13.8. The van der Waals surface area contributed by atoms with Crippen LogP contribution in [0.5, 0.6) is 5.75 Å². The van der Waals surface area contributed by atoms with Crippen molar-refractivity contribution < 1.29 is 10.0 Å². The number of phenolic OH excluding ortho intramolecular Hbond substituents is 1. The Balaban J connectivity index is 2.13. The number of thiazole rings is 1. The number of hydrogen-bond acceptors (Lipinski definition) is 8. The average molecular weight is 279 g/mol. The van der Waals surface area contributed by atoms with Gasteiger partial charge in [-0.15, -0.1) is 11.3 Å². The molecule has 2 aromatic rings. The van der Waals surface area contributed by atoms with Gasteiger partial charge >= 0.3 is 0 Å². The lowest BCUT2D eigenvalue weighted by molar-refractivity contribution is -0.384. The lowest BCUT2D eigenvalue weighted by Gasteiger charge is -1.98. The lowest BCUT2D eigenvalue weighted by Crippen LogP contribution is -1.93. The van der Waals surface area contributed by atoms with Gasteiger partial charge < -0.3 is 10.8 Å². The van der Waals surface area contributed by atoms with E-state index in [9.17, 15) is 15.2 Å². The zero-order valence-electron chi connectivity index (χ0n) is 9.48. The summed E-state index contributed by atoms with van der Waals surface area (Å²) >= 11 is 1.27. The normalized spacial score (nSPS) is 10.7. The van der Waals surface area contributed by atoms with Crippen LogP contribution in [0.25, 0.3) is 0 Å². The van der Waals surface area contributed by atoms with Crippen LogP contribution in [0.3, 0.4) is 0 Å². The molecule has 19 heavy (non-hydrogen) atoms. The lowest BCUT2D eigenvalue weighted by atomic mass is 10.2. The molecule has 0 atom stereocenters. The van der Waals surface area contributed by atoms with Crippen molar-refractivity contribution >= 4 is 34.2 Å². The number of aromatic hydroxyl groups is 1. The smallest absolute Gasteiger partial charge is 0.270 e. The standard InChI is InChI=1S/C10H9N5O3S/c11-9-5-19-10(13-9)14-12-4-6-3-7(15(17)18)1-2-8(6)16/h1-5,16H,11H2,(H,13,14). The van der Waals surface area contributed by atoms with Crippen LogP contribution in [-0.2, 0) is 0 Å². The van der Waals surface area contributed by atoms with Crippen molar-refractivity contribution in [3.8, 4) is 5.75 Å². The minimum Gasteiger partial charge on any atom is -0.507 e. The summed E-state index contributed by atoms with van der Waals surface area (Å²) in [4.78, 5) is 14.0. The third kappa shape index (κ3) is 3.16. The molecule has 1 heterocycles. The molecular formula is C10H9N5O3S. The summed E-state index contributed by atoms with van der Waals surface area (Å²) < 4.78 is 0. The van der Waals surface area contributed by atoms with E-state index in [4.69, 9.17) is 5.73 Å². The van der Waals surface area contributed by atoms with Crippen molar-refractivity contribution in [1.29, 1.82) is 0 Å². The van der Waals surface area contributed by atoms with Gasteiger partial charge in [-0.2, -0.15) is 5.10 Å². The Morgan fingerprint density at radius 2 is 2.37 bits per heavy atom. The highest BCUT2D eigenvalue weighted by molar-refractivity contribution is 7.14. The Hall–Kier alpha value is -2.68. The number of hydrogen-bond donors (Lipinski definition) is 3. The van der Waals surface area contributed by atoms with E-state index in [0.29, 0.717) is 10.9 Å². The van der Waals surface area contributed by atoms with Crippen LogP contribution in [0.15, 0.2) is 28.7 Å². The second-order valence-corrected chi connectivity index (χ2v) is 4.31. The Kier molecular flexibility index (Phi) is 3.57. The van der Waals surface area contributed by atoms with Crippen LogP contribution in [0, 0.1) is 10.1 Å². The molecule has 98 valence electrons. The number of phenols is 1. The SMILES string of the molecule is Nc1csc(NN=Cc2cc([N+](=O)[O-])ccc2O)n1. The first-order valence-corrected chi connectivity index (χ1v) is 5.91. The van der Waals surface area contributed by atoms with Gasteiger partial charge in [0.1, 0.15) is 11.6 Å². The molecule has 0 unspecified atom stereocenters. The monoisotopic (exact) mass is 279 g/mol. The third-order valence-corrected chi connectivity index (χ3v) is 2.87. The average Bonchev–Trinajstić information content (AvgIpc) is 2.77.